The van der Waals surface area contributed by atoms with Crippen molar-refractivity contribution in [3.63, 3.8) is 0 Å². The fourth-order valence-corrected chi connectivity index (χ4v) is 6.36. The number of ether oxygens (including phenoxy) is 1. The minimum absolute atomic E-state index is 0.00796. The number of benzene rings is 1. The Hall–Kier alpha value is -5.36. The lowest BCUT2D eigenvalue weighted by molar-refractivity contribution is -0.137. The molecule has 1 fully saturated rings. The number of carbonyl (C=O) groups is 2. The molecule has 0 saturated carbocycles. The molecule has 0 aliphatic carbocycles. The summed E-state index contributed by atoms with van der Waals surface area (Å²) in [6.07, 6.45) is 0.874. The van der Waals surface area contributed by atoms with E-state index >= 15 is 0 Å². The van der Waals surface area contributed by atoms with Crippen molar-refractivity contribution >= 4 is 57.2 Å². The van der Waals surface area contributed by atoms with E-state index in [9.17, 15) is 27.6 Å². The Morgan fingerprint density at radius 3 is 2.64 bits per heavy atom. The Morgan fingerprint density at radius 1 is 1.14 bits per heavy atom. The van der Waals surface area contributed by atoms with E-state index in [1.807, 2.05) is 17.9 Å². The molecule has 7 rings (SSSR count). The van der Waals surface area contributed by atoms with Crippen LogP contribution in [0.25, 0.3) is 22.4 Å². The van der Waals surface area contributed by atoms with E-state index < -0.39 is 23.2 Å². The van der Waals surface area contributed by atoms with Gasteiger partial charge in [-0.1, -0.05) is 24.6 Å². The molecule has 19 heteroatoms. The molecule has 2 aliphatic rings. The maximum Gasteiger partial charge on any atom is 0.416 e. The van der Waals surface area contributed by atoms with Crippen LogP contribution in [0, 0.1) is 0 Å². The highest BCUT2D eigenvalue weighted by Crippen LogP contribution is 2.34. The predicted octanol–water partition coefficient (Wildman–Crippen LogP) is 3.20. The quantitative estimate of drug-likeness (QED) is 0.256. The number of rotatable bonds is 7. The van der Waals surface area contributed by atoms with E-state index in [4.69, 9.17) is 16.3 Å². The highest BCUT2D eigenvalue weighted by atomic mass is 35.5. The number of aromatic nitrogens is 8. The Bertz CT molecular complexity index is 2220. The maximum atomic E-state index is 14.2. The van der Waals surface area contributed by atoms with Crippen LogP contribution in [-0.2, 0) is 28.7 Å². The van der Waals surface area contributed by atoms with Crippen molar-refractivity contribution in [2.24, 2.45) is 0 Å². The van der Waals surface area contributed by atoms with Gasteiger partial charge in [0.05, 0.1) is 41.4 Å². The molecule has 0 atom stereocenters. The second-order valence-corrected chi connectivity index (χ2v) is 12.0. The summed E-state index contributed by atoms with van der Waals surface area (Å²) in [6.45, 7) is 3.39. The van der Waals surface area contributed by atoms with E-state index in [2.05, 4.69) is 35.6 Å². The first-order chi connectivity index (χ1) is 24.0. The molecule has 260 valence electrons. The number of piperazine rings is 1. The second kappa shape index (κ2) is 13.2. The van der Waals surface area contributed by atoms with Crippen molar-refractivity contribution in [1.82, 2.24) is 44.2 Å². The average Bonchev–Trinajstić information content (AvgIpc) is 3.78. The highest BCUT2D eigenvalue weighted by molar-refractivity contribution is 6.33. The predicted molar refractivity (Wildman–Crippen MR) is 175 cm³/mol. The molecule has 1 aromatic carbocycles. The first kappa shape index (κ1) is 33.2. The summed E-state index contributed by atoms with van der Waals surface area (Å²) < 4.78 is 47.7. The molecule has 5 aromatic rings. The van der Waals surface area contributed by atoms with Crippen LogP contribution >= 0.6 is 11.6 Å². The molecule has 2 N–H and O–H groups in total. The van der Waals surface area contributed by atoms with E-state index in [1.165, 1.54) is 12.5 Å². The zero-order valence-corrected chi connectivity index (χ0v) is 27.3. The van der Waals surface area contributed by atoms with E-state index in [-0.39, 0.29) is 60.8 Å². The minimum atomic E-state index is -4.60. The first-order valence-electron chi connectivity index (χ1n) is 15.7. The van der Waals surface area contributed by atoms with Crippen LogP contribution < -0.4 is 15.8 Å². The molecule has 0 radical (unpaired) electrons. The van der Waals surface area contributed by atoms with Crippen LogP contribution in [0.1, 0.15) is 40.9 Å². The van der Waals surface area contributed by atoms with Gasteiger partial charge in [0.15, 0.2) is 11.5 Å². The van der Waals surface area contributed by atoms with Crippen LogP contribution in [-0.4, -0.2) is 95.4 Å². The van der Waals surface area contributed by atoms with Gasteiger partial charge in [-0.25, -0.2) is 9.97 Å². The number of carbonyl (C=O) groups excluding carboxylic acids is 2. The van der Waals surface area contributed by atoms with Crippen molar-refractivity contribution in [3.05, 3.63) is 75.0 Å². The molecule has 15 nitrogen and oxygen atoms in total. The molecule has 1 saturated heterocycles. The van der Waals surface area contributed by atoms with Crippen molar-refractivity contribution in [2.45, 2.75) is 32.5 Å². The highest BCUT2D eigenvalue weighted by Gasteiger charge is 2.32. The van der Waals surface area contributed by atoms with Gasteiger partial charge < -0.3 is 24.4 Å². The van der Waals surface area contributed by atoms with E-state index in [1.54, 1.807) is 9.47 Å². The summed E-state index contributed by atoms with van der Waals surface area (Å²) in [4.78, 5) is 57.6. The molecule has 50 heavy (non-hydrogen) atoms. The number of hydrogen-bond donors (Lipinski definition) is 2. The van der Waals surface area contributed by atoms with Gasteiger partial charge in [0.2, 0.25) is 11.7 Å². The fourth-order valence-electron chi connectivity index (χ4n) is 6.13. The number of nitrogens with zero attached hydrogens (tertiary/aromatic N) is 9. The third-order valence-electron chi connectivity index (χ3n) is 8.61. The Balaban J connectivity index is 1.22. The third-order valence-corrected chi connectivity index (χ3v) is 8.92. The minimum Gasteiger partial charge on any atom is -0.377 e. The average molecular weight is 712 g/mol. The number of hydrogen-bond acceptors (Lipinski definition) is 10. The fraction of sp³-hybridized carbons (Fsp3) is 0.355. The summed E-state index contributed by atoms with van der Waals surface area (Å²) >= 11 is 6.12. The number of nitrogens with one attached hydrogen (secondary N) is 2. The van der Waals surface area contributed by atoms with Crippen molar-refractivity contribution < 1.29 is 27.5 Å². The topological polar surface area (TPSA) is 169 Å². The normalized spacial score (nSPS) is 15.5. The van der Waals surface area contributed by atoms with Gasteiger partial charge in [-0.15, -0.1) is 5.10 Å². The van der Waals surface area contributed by atoms with Gasteiger partial charge in [0.25, 0.3) is 11.5 Å². The summed E-state index contributed by atoms with van der Waals surface area (Å²) in [5.41, 5.74) is 1.30. The standard InChI is InChI=1S/C31H29ClF3N11O4/c1-2-22-26(43-7-9-44(10-8-43)28(48)25-24-21(14-38-41-24)36-16-37-25)29(49)46-30(40-27(42-46)17-5-11-50-12-6-17)45(22)15-23(47)39-20-4-3-18(13-19(20)32)31(33,34)35/h3-5,13-14,16H,2,6-12,15H2,1H3,(H,38,41)(H,39,47). The van der Waals surface area contributed by atoms with Crippen LogP contribution in [0.3, 0.4) is 0 Å². The monoisotopic (exact) mass is 711 g/mol. The number of alkyl halides is 3. The number of halogens is 4. The molecule has 0 bridgehead atoms. The zero-order chi connectivity index (χ0) is 35.2. The summed E-state index contributed by atoms with van der Waals surface area (Å²) in [5.74, 6) is -0.491. The number of amides is 2. The molecule has 0 spiro atoms. The lowest BCUT2D eigenvalue weighted by Gasteiger charge is -2.36. The van der Waals surface area contributed by atoms with Gasteiger partial charge in [-0.05, 0) is 36.6 Å². The van der Waals surface area contributed by atoms with Crippen LogP contribution in [0.15, 0.2) is 41.6 Å². The Kier molecular flexibility index (Phi) is 8.73. The number of H-pyrrole nitrogens is 1. The van der Waals surface area contributed by atoms with E-state index in [0.29, 0.717) is 54.3 Å². The molecular formula is C31H29ClF3N11O4. The largest absolute Gasteiger partial charge is 0.416 e. The first-order valence-corrected chi connectivity index (χ1v) is 16.1. The zero-order valence-electron chi connectivity index (χ0n) is 26.5. The van der Waals surface area contributed by atoms with Crippen LogP contribution in [0.2, 0.25) is 5.02 Å². The SMILES string of the molecule is CCc1c(N2CCN(C(=O)c3ncnc4cn[nH]c34)CC2)c(=O)n2nc(C3=CCOCC3)nc2n1CC(=O)Nc1ccc(C(F)(F)F)cc1Cl. The number of fused-ring (bicyclic) bond motifs is 2. The Labute approximate surface area is 285 Å². The van der Waals surface area contributed by atoms with Crippen LogP contribution in [0.5, 0.6) is 0 Å². The maximum absolute atomic E-state index is 14.2. The summed E-state index contributed by atoms with van der Waals surface area (Å²) in [5, 5.41) is 13.6. The van der Waals surface area contributed by atoms with Gasteiger partial charge in [0.1, 0.15) is 29.6 Å². The van der Waals surface area contributed by atoms with E-state index in [0.717, 1.165) is 28.3 Å². The van der Waals surface area contributed by atoms with Crippen molar-refractivity contribution in [2.75, 3.05) is 49.6 Å². The Morgan fingerprint density at radius 2 is 1.94 bits per heavy atom. The molecule has 2 amide bonds. The lowest BCUT2D eigenvalue weighted by atomic mass is 10.1. The molecule has 0 unspecified atom stereocenters. The molecule has 2 aliphatic heterocycles. The third kappa shape index (κ3) is 6.15. The number of aromatic amines is 1. The second-order valence-electron chi connectivity index (χ2n) is 11.6. The molecule has 4 aromatic heterocycles. The van der Waals surface area contributed by atoms with Gasteiger partial charge in [-0.3, -0.25) is 19.5 Å². The van der Waals surface area contributed by atoms with Gasteiger partial charge >= 0.3 is 6.18 Å². The smallest absolute Gasteiger partial charge is 0.377 e. The summed E-state index contributed by atoms with van der Waals surface area (Å²) in [6, 6.07) is 2.65. The molecule has 6 heterocycles. The van der Waals surface area contributed by atoms with Crippen molar-refractivity contribution in [1.29, 1.82) is 0 Å². The van der Waals surface area contributed by atoms with Gasteiger partial charge in [0, 0.05) is 26.2 Å². The number of anilines is 2. The van der Waals surface area contributed by atoms with Gasteiger partial charge in [-0.2, -0.15) is 27.8 Å². The summed E-state index contributed by atoms with van der Waals surface area (Å²) in [7, 11) is 0. The van der Waals surface area contributed by atoms with Crippen molar-refractivity contribution in [3.8, 4) is 0 Å². The lowest BCUT2D eigenvalue weighted by Crippen LogP contribution is -2.51. The molecular weight excluding hydrogens is 683 g/mol. The van der Waals surface area contributed by atoms with Crippen LogP contribution in [0.4, 0.5) is 24.5 Å².